The second-order valence-corrected chi connectivity index (χ2v) is 6.21. The van der Waals surface area contributed by atoms with Crippen molar-refractivity contribution in [3.63, 3.8) is 0 Å². The van der Waals surface area contributed by atoms with Crippen molar-refractivity contribution in [1.82, 2.24) is 20.1 Å². The van der Waals surface area contributed by atoms with Gasteiger partial charge in [0, 0.05) is 25.2 Å². The van der Waals surface area contributed by atoms with Gasteiger partial charge in [0.2, 0.25) is 5.88 Å². The Morgan fingerprint density at radius 3 is 3.04 bits per heavy atom. The third-order valence-electron chi connectivity index (χ3n) is 4.54. The first-order valence-corrected chi connectivity index (χ1v) is 8.02. The van der Waals surface area contributed by atoms with Crippen molar-refractivity contribution in [2.45, 2.75) is 24.5 Å². The molecule has 2 aromatic heterocycles. The molecule has 4 rings (SSSR count). The number of hydrogen-bond acceptors (Lipinski definition) is 6. The molecule has 124 valence electrons. The van der Waals surface area contributed by atoms with E-state index in [9.17, 15) is 4.79 Å². The van der Waals surface area contributed by atoms with Gasteiger partial charge in [-0.3, -0.25) is 4.79 Å². The van der Waals surface area contributed by atoms with E-state index in [1.807, 2.05) is 23.1 Å². The summed E-state index contributed by atoms with van der Waals surface area (Å²) in [6, 6.07) is 7.27. The molecule has 0 aromatic carbocycles. The highest BCUT2D eigenvalue weighted by Gasteiger charge is 2.47. The molecule has 7 heteroatoms. The van der Waals surface area contributed by atoms with Crippen molar-refractivity contribution >= 4 is 5.91 Å². The molecule has 7 nitrogen and oxygen atoms in total. The summed E-state index contributed by atoms with van der Waals surface area (Å²) < 4.78 is 11.9. The van der Waals surface area contributed by atoms with E-state index in [4.69, 9.17) is 9.47 Å². The molecule has 2 fully saturated rings. The fourth-order valence-corrected chi connectivity index (χ4v) is 3.37. The first-order chi connectivity index (χ1) is 11.7. The van der Waals surface area contributed by atoms with Crippen molar-refractivity contribution in [2.24, 2.45) is 0 Å². The van der Waals surface area contributed by atoms with Gasteiger partial charge in [-0.1, -0.05) is 6.07 Å². The van der Waals surface area contributed by atoms with Crippen LogP contribution in [-0.2, 0) is 4.74 Å². The van der Waals surface area contributed by atoms with Crippen LogP contribution in [0.2, 0.25) is 0 Å². The van der Waals surface area contributed by atoms with Crippen LogP contribution in [0, 0.1) is 0 Å². The summed E-state index contributed by atoms with van der Waals surface area (Å²) in [5.74, 6) is 0.580. The minimum atomic E-state index is -0.310. The van der Waals surface area contributed by atoms with E-state index in [-0.39, 0.29) is 17.6 Å². The predicted molar refractivity (Wildman–Crippen MR) is 84.5 cm³/mol. The number of rotatable bonds is 3. The quantitative estimate of drug-likeness (QED) is 0.847. The molecule has 4 heterocycles. The minimum absolute atomic E-state index is 0.0283. The second kappa shape index (κ2) is 6.16. The number of likely N-dealkylation sites (tertiary alicyclic amines) is 1. The van der Waals surface area contributed by atoms with Crippen LogP contribution < -0.4 is 4.74 Å². The monoisotopic (exact) mass is 326 g/mol. The third-order valence-corrected chi connectivity index (χ3v) is 4.54. The van der Waals surface area contributed by atoms with Gasteiger partial charge in [-0.25, -0.2) is 4.98 Å². The highest BCUT2D eigenvalue weighted by Crippen LogP contribution is 2.36. The lowest BCUT2D eigenvalue weighted by atomic mass is 9.98. The van der Waals surface area contributed by atoms with E-state index in [0.717, 1.165) is 12.8 Å². The van der Waals surface area contributed by atoms with Crippen LogP contribution in [0.3, 0.4) is 0 Å². The topological polar surface area (TPSA) is 77.4 Å². The standard InChI is InChI=1S/C17H18N4O3/c22-16(13-4-7-19-20-10-13)21-8-5-17(12-21)9-14(11-23-17)24-15-3-1-2-6-18-15/h1-4,6-7,10,14H,5,8-9,11-12H2/t14-,17-/m0/s1. The van der Waals surface area contributed by atoms with E-state index in [1.165, 1.54) is 12.4 Å². The van der Waals surface area contributed by atoms with Crippen LogP contribution in [0.1, 0.15) is 23.2 Å². The van der Waals surface area contributed by atoms with Crippen LogP contribution in [0.4, 0.5) is 0 Å². The maximum atomic E-state index is 12.5. The molecular weight excluding hydrogens is 308 g/mol. The summed E-state index contributed by atoms with van der Waals surface area (Å²) >= 11 is 0. The van der Waals surface area contributed by atoms with E-state index in [1.54, 1.807) is 12.3 Å². The lowest BCUT2D eigenvalue weighted by molar-refractivity contribution is 0.00985. The zero-order valence-electron chi connectivity index (χ0n) is 13.2. The van der Waals surface area contributed by atoms with E-state index in [2.05, 4.69) is 15.2 Å². The van der Waals surface area contributed by atoms with Gasteiger partial charge >= 0.3 is 0 Å². The van der Waals surface area contributed by atoms with Crippen LogP contribution in [0.15, 0.2) is 42.9 Å². The number of ether oxygens (including phenoxy) is 2. The van der Waals surface area contributed by atoms with Gasteiger partial charge in [0.15, 0.2) is 0 Å². The molecule has 0 aliphatic carbocycles. The maximum absolute atomic E-state index is 12.5. The summed E-state index contributed by atoms with van der Waals surface area (Å²) in [5.41, 5.74) is 0.247. The van der Waals surface area contributed by atoms with E-state index >= 15 is 0 Å². The Labute approximate surface area is 139 Å². The van der Waals surface area contributed by atoms with Gasteiger partial charge in [-0.05, 0) is 18.6 Å². The molecule has 2 saturated heterocycles. The van der Waals surface area contributed by atoms with Gasteiger partial charge in [0.1, 0.15) is 6.10 Å². The minimum Gasteiger partial charge on any atom is -0.472 e. The number of hydrogen-bond donors (Lipinski definition) is 0. The molecule has 2 aliphatic rings. The van der Waals surface area contributed by atoms with Gasteiger partial charge in [0.05, 0.1) is 36.7 Å². The van der Waals surface area contributed by atoms with Crippen molar-refractivity contribution < 1.29 is 14.3 Å². The van der Waals surface area contributed by atoms with Gasteiger partial charge in [-0.2, -0.15) is 10.2 Å². The average Bonchev–Trinajstić information content (AvgIpc) is 3.23. The first kappa shape index (κ1) is 15.0. The molecular formula is C17H18N4O3. The summed E-state index contributed by atoms with van der Waals surface area (Å²) in [6.07, 6.45) is 6.29. The lowest BCUT2D eigenvalue weighted by Gasteiger charge is -2.23. The zero-order chi connectivity index (χ0) is 16.4. The molecule has 2 atom stereocenters. The number of carbonyl (C=O) groups excluding carboxylic acids is 1. The van der Waals surface area contributed by atoms with Gasteiger partial charge in [0.25, 0.3) is 5.91 Å². The molecule has 1 amide bonds. The number of nitrogens with zero attached hydrogens (tertiary/aromatic N) is 4. The summed E-state index contributed by atoms with van der Waals surface area (Å²) in [4.78, 5) is 18.5. The van der Waals surface area contributed by atoms with Crippen LogP contribution in [0.25, 0.3) is 0 Å². The molecule has 2 aromatic rings. The van der Waals surface area contributed by atoms with Gasteiger partial charge in [-0.15, -0.1) is 0 Å². The number of amides is 1. The smallest absolute Gasteiger partial charge is 0.255 e. The molecule has 0 bridgehead atoms. The normalized spacial score (nSPS) is 26.0. The number of pyridine rings is 1. The second-order valence-electron chi connectivity index (χ2n) is 6.21. The molecule has 0 unspecified atom stereocenters. The molecule has 0 saturated carbocycles. The van der Waals surface area contributed by atoms with Crippen molar-refractivity contribution in [1.29, 1.82) is 0 Å². The Hall–Kier alpha value is -2.54. The zero-order valence-corrected chi connectivity index (χ0v) is 13.2. The largest absolute Gasteiger partial charge is 0.472 e. The van der Waals surface area contributed by atoms with Crippen molar-refractivity contribution in [3.8, 4) is 5.88 Å². The SMILES string of the molecule is O=C(c1ccnnc1)N1CC[C@]2(C[C@H](Oc3ccccn3)CO2)C1. The lowest BCUT2D eigenvalue weighted by Crippen LogP contribution is -2.36. The van der Waals surface area contributed by atoms with Crippen LogP contribution >= 0.6 is 0 Å². The molecule has 0 N–H and O–H groups in total. The fraction of sp³-hybridized carbons (Fsp3) is 0.412. The third kappa shape index (κ3) is 2.94. The Kier molecular flexibility index (Phi) is 3.86. The number of carbonyl (C=O) groups is 1. The predicted octanol–water partition coefficient (Wildman–Crippen LogP) is 1.32. The summed E-state index contributed by atoms with van der Waals surface area (Å²) in [5, 5.41) is 7.48. The number of aromatic nitrogens is 3. The molecule has 1 spiro atoms. The summed E-state index contributed by atoms with van der Waals surface area (Å²) in [7, 11) is 0. The van der Waals surface area contributed by atoms with Crippen LogP contribution in [0.5, 0.6) is 5.88 Å². The van der Waals surface area contributed by atoms with Crippen molar-refractivity contribution in [2.75, 3.05) is 19.7 Å². The highest BCUT2D eigenvalue weighted by molar-refractivity contribution is 5.94. The first-order valence-electron chi connectivity index (χ1n) is 8.02. The van der Waals surface area contributed by atoms with Gasteiger partial charge < -0.3 is 14.4 Å². The van der Waals surface area contributed by atoms with E-state index < -0.39 is 0 Å². The summed E-state index contributed by atoms with van der Waals surface area (Å²) in [6.45, 7) is 1.78. The molecule has 0 radical (unpaired) electrons. The fourth-order valence-electron chi connectivity index (χ4n) is 3.37. The average molecular weight is 326 g/mol. The Morgan fingerprint density at radius 1 is 1.29 bits per heavy atom. The highest BCUT2D eigenvalue weighted by atomic mass is 16.6. The van der Waals surface area contributed by atoms with E-state index in [0.29, 0.717) is 31.1 Å². The molecule has 24 heavy (non-hydrogen) atoms. The van der Waals surface area contributed by atoms with Crippen LogP contribution in [-0.4, -0.2) is 57.4 Å². The maximum Gasteiger partial charge on any atom is 0.255 e. The van der Waals surface area contributed by atoms with Crippen molar-refractivity contribution in [3.05, 3.63) is 48.4 Å². The Bertz CT molecular complexity index is 712. The Morgan fingerprint density at radius 2 is 2.25 bits per heavy atom. The Balaban J connectivity index is 1.39. The molecule has 2 aliphatic heterocycles.